The smallest absolute Gasteiger partial charge is 0.306 e. The minimum atomic E-state index is -3.77. The van der Waals surface area contributed by atoms with Crippen LogP contribution in [-0.2, 0) is 10.0 Å². The molecule has 2 rings (SSSR count). The largest absolute Gasteiger partial charge is 0.315 e. The molecule has 2 N–H and O–H groups in total. The Morgan fingerprint density at radius 1 is 1.35 bits per heavy atom. The summed E-state index contributed by atoms with van der Waals surface area (Å²) in [7, 11) is -3.77. The maximum absolute atomic E-state index is 11.9. The number of aromatic amines is 1. The minimum Gasteiger partial charge on any atom is -0.315 e. The summed E-state index contributed by atoms with van der Waals surface area (Å²) in [5, 5.41) is 0. The van der Waals surface area contributed by atoms with E-state index < -0.39 is 14.9 Å². The van der Waals surface area contributed by atoms with Gasteiger partial charge in [-0.15, -0.1) is 0 Å². The van der Waals surface area contributed by atoms with Gasteiger partial charge in [-0.25, -0.2) is 18.4 Å². The monoisotopic (exact) mass is 272 g/mol. The number of sulfonamides is 1. The van der Waals surface area contributed by atoms with Crippen molar-refractivity contribution in [2.24, 2.45) is 0 Å². The summed E-state index contributed by atoms with van der Waals surface area (Å²) in [6.45, 7) is 1.52. The highest BCUT2D eigenvalue weighted by atomic mass is 32.2. The first-order valence-electron chi connectivity index (χ1n) is 4.46. The molecule has 9 heteroatoms. The Hall–Kier alpha value is -1.74. The molecule has 0 spiro atoms. The lowest BCUT2D eigenvalue weighted by molar-refractivity contribution is 0.602. The number of aromatic nitrogens is 3. The molecule has 0 saturated heterocycles. The van der Waals surface area contributed by atoms with Crippen LogP contribution in [-0.4, -0.2) is 23.4 Å². The molecule has 0 aliphatic heterocycles. The van der Waals surface area contributed by atoms with Crippen molar-refractivity contribution in [1.29, 1.82) is 0 Å². The van der Waals surface area contributed by atoms with Gasteiger partial charge < -0.3 is 4.98 Å². The van der Waals surface area contributed by atoms with E-state index in [4.69, 9.17) is 0 Å². The van der Waals surface area contributed by atoms with Crippen LogP contribution in [0.4, 0.5) is 5.69 Å². The minimum absolute atomic E-state index is 0.0358. The zero-order valence-electron chi connectivity index (χ0n) is 8.67. The second-order valence-corrected chi connectivity index (χ2v) is 6.02. The predicted octanol–water partition coefficient (Wildman–Crippen LogP) is 0.336. The lowest BCUT2D eigenvalue weighted by Crippen LogP contribution is -2.13. The highest BCUT2D eigenvalue weighted by Gasteiger charge is 2.20. The molecule has 0 saturated carbocycles. The first-order chi connectivity index (χ1) is 7.99. The number of nitrogens with one attached hydrogen (secondary N) is 2. The Balaban J connectivity index is 2.38. The van der Waals surface area contributed by atoms with Gasteiger partial charge in [0.15, 0.2) is 4.21 Å². The normalized spacial score (nSPS) is 11.4. The number of nitrogens with zero attached hydrogens (tertiary/aromatic N) is 2. The fraction of sp³-hybridized carbons (Fsp3) is 0.125. The van der Waals surface area contributed by atoms with Crippen LogP contribution in [0, 0.1) is 6.92 Å². The maximum atomic E-state index is 11.9. The van der Waals surface area contributed by atoms with Crippen molar-refractivity contribution in [3.05, 3.63) is 34.1 Å². The van der Waals surface area contributed by atoms with Crippen molar-refractivity contribution >= 4 is 27.0 Å². The van der Waals surface area contributed by atoms with Gasteiger partial charge >= 0.3 is 4.87 Å². The second kappa shape index (κ2) is 4.26. The number of hydrogen-bond donors (Lipinski definition) is 2. The molecule has 0 aliphatic rings. The van der Waals surface area contributed by atoms with Crippen LogP contribution < -0.4 is 9.60 Å². The maximum Gasteiger partial charge on any atom is 0.306 e. The van der Waals surface area contributed by atoms with E-state index in [1.807, 2.05) is 0 Å². The molecule has 0 bridgehead atoms. The van der Waals surface area contributed by atoms with Crippen LogP contribution in [0.25, 0.3) is 0 Å². The van der Waals surface area contributed by atoms with Crippen molar-refractivity contribution in [3.8, 4) is 0 Å². The van der Waals surface area contributed by atoms with E-state index in [1.54, 1.807) is 0 Å². The third kappa shape index (κ3) is 2.50. The molecule has 0 aromatic carbocycles. The summed E-state index contributed by atoms with van der Waals surface area (Å²) in [5.41, 5.74) is 0.553. The Labute approximate surface area is 101 Å². The Morgan fingerprint density at radius 2 is 2.00 bits per heavy atom. The molecule has 2 aromatic heterocycles. The Morgan fingerprint density at radius 3 is 2.53 bits per heavy atom. The summed E-state index contributed by atoms with van der Waals surface area (Å²) >= 11 is 0.638. The lowest BCUT2D eigenvalue weighted by atomic mass is 10.6. The summed E-state index contributed by atoms with van der Waals surface area (Å²) in [6, 6.07) is 0. The van der Waals surface area contributed by atoms with Gasteiger partial charge in [0.25, 0.3) is 10.0 Å². The first-order valence-corrected chi connectivity index (χ1v) is 6.76. The van der Waals surface area contributed by atoms with Crippen LogP contribution >= 0.6 is 11.3 Å². The highest BCUT2D eigenvalue weighted by Crippen LogP contribution is 2.19. The van der Waals surface area contributed by atoms with E-state index in [1.165, 1.54) is 25.6 Å². The molecule has 90 valence electrons. The molecule has 2 aromatic rings. The first kappa shape index (κ1) is 11.7. The van der Waals surface area contributed by atoms with E-state index >= 15 is 0 Å². The van der Waals surface area contributed by atoms with Gasteiger partial charge in [0, 0.05) is 5.69 Å². The molecular weight excluding hydrogens is 264 g/mol. The van der Waals surface area contributed by atoms with Crippen LogP contribution in [0.1, 0.15) is 5.69 Å². The zero-order valence-corrected chi connectivity index (χ0v) is 10.3. The Kier molecular flexibility index (Phi) is 2.94. The van der Waals surface area contributed by atoms with Gasteiger partial charge in [0.05, 0.1) is 18.1 Å². The van der Waals surface area contributed by atoms with E-state index in [0.717, 1.165) is 0 Å². The number of aryl methyl sites for hydroxylation is 1. The summed E-state index contributed by atoms with van der Waals surface area (Å²) in [5.74, 6) is 0. The lowest BCUT2D eigenvalue weighted by Gasteiger charge is -2.04. The number of rotatable bonds is 3. The molecule has 0 unspecified atom stereocenters. The third-order valence-corrected chi connectivity index (χ3v) is 4.82. The predicted molar refractivity (Wildman–Crippen MR) is 62.5 cm³/mol. The molecular formula is C8H8N4O3S2. The van der Waals surface area contributed by atoms with Crippen LogP contribution in [0.5, 0.6) is 0 Å². The van der Waals surface area contributed by atoms with Crippen LogP contribution in [0.2, 0.25) is 0 Å². The molecule has 17 heavy (non-hydrogen) atoms. The SMILES string of the molecule is Cc1[nH]c(=O)sc1S(=O)(=O)Nc1cncnc1. The highest BCUT2D eigenvalue weighted by molar-refractivity contribution is 7.94. The van der Waals surface area contributed by atoms with E-state index in [-0.39, 0.29) is 9.90 Å². The quantitative estimate of drug-likeness (QED) is 0.838. The zero-order chi connectivity index (χ0) is 12.5. The number of H-pyrrole nitrogens is 1. The Bertz CT molecular complexity index is 674. The molecule has 0 amide bonds. The van der Waals surface area contributed by atoms with Gasteiger partial charge in [0.2, 0.25) is 0 Å². The van der Waals surface area contributed by atoms with Gasteiger partial charge in [-0.3, -0.25) is 9.52 Å². The summed E-state index contributed by atoms with van der Waals surface area (Å²) in [4.78, 5) is 20.4. The van der Waals surface area contributed by atoms with E-state index in [2.05, 4.69) is 19.7 Å². The third-order valence-electron chi connectivity index (χ3n) is 1.84. The number of thiazole rings is 1. The summed E-state index contributed by atoms with van der Waals surface area (Å²) in [6.07, 6.45) is 3.95. The molecule has 2 heterocycles. The van der Waals surface area contributed by atoms with Gasteiger partial charge in [0.1, 0.15) is 6.33 Å². The van der Waals surface area contributed by atoms with Crippen molar-refractivity contribution in [1.82, 2.24) is 15.0 Å². The average molecular weight is 272 g/mol. The van der Waals surface area contributed by atoms with Crippen LogP contribution in [0.15, 0.2) is 27.7 Å². The van der Waals surface area contributed by atoms with Gasteiger partial charge in [-0.05, 0) is 6.92 Å². The number of hydrogen-bond acceptors (Lipinski definition) is 6. The number of anilines is 1. The molecule has 7 nitrogen and oxygen atoms in total. The van der Waals surface area contributed by atoms with Crippen molar-refractivity contribution in [2.45, 2.75) is 11.1 Å². The van der Waals surface area contributed by atoms with Crippen molar-refractivity contribution in [3.63, 3.8) is 0 Å². The van der Waals surface area contributed by atoms with E-state index in [0.29, 0.717) is 17.0 Å². The fourth-order valence-electron chi connectivity index (χ4n) is 1.20. The second-order valence-electron chi connectivity index (χ2n) is 3.16. The topological polar surface area (TPSA) is 105 Å². The average Bonchev–Trinajstić information content (AvgIpc) is 2.59. The molecule has 0 aliphatic carbocycles. The molecule has 0 fully saturated rings. The molecule has 0 radical (unpaired) electrons. The van der Waals surface area contributed by atoms with E-state index in [9.17, 15) is 13.2 Å². The summed E-state index contributed by atoms with van der Waals surface area (Å²) < 4.78 is 26.1. The van der Waals surface area contributed by atoms with Gasteiger partial charge in [-0.2, -0.15) is 0 Å². The fourth-order valence-corrected chi connectivity index (χ4v) is 3.53. The van der Waals surface area contributed by atoms with Crippen LogP contribution in [0.3, 0.4) is 0 Å². The van der Waals surface area contributed by atoms with Gasteiger partial charge in [-0.1, -0.05) is 11.3 Å². The van der Waals surface area contributed by atoms with Crippen molar-refractivity contribution in [2.75, 3.05) is 4.72 Å². The molecule has 0 atom stereocenters. The standard InChI is InChI=1S/C8H8N4O3S2/c1-5-7(16-8(13)11-5)17(14,15)12-6-2-9-4-10-3-6/h2-4,12H,1H3,(H,11,13). The van der Waals surface area contributed by atoms with Crippen molar-refractivity contribution < 1.29 is 8.42 Å².